The van der Waals surface area contributed by atoms with Crippen LogP contribution in [0, 0.1) is 0 Å². The molecule has 33 heavy (non-hydrogen) atoms. The number of rotatable bonds is 12. The Morgan fingerprint density at radius 3 is 2.12 bits per heavy atom. The minimum Gasteiger partial charge on any atom is -0.455 e. The Labute approximate surface area is 196 Å². The molecule has 3 aromatic carbocycles. The number of ether oxygens (including phenoxy) is 3. The monoisotopic (exact) mass is 448 g/mol. The summed E-state index contributed by atoms with van der Waals surface area (Å²) in [5.41, 5.74) is 1.76. The van der Waals surface area contributed by atoms with Gasteiger partial charge in [-0.2, -0.15) is 0 Å². The highest BCUT2D eigenvalue weighted by Gasteiger charge is 2.21. The molecule has 6 nitrogen and oxygen atoms in total. The molecule has 0 saturated carbocycles. The first-order valence-corrected chi connectivity index (χ1v) is 11.3. The van der Waals surface area contributed by atoms with Crippen LogP contribution in [0.25, 0.3) is 0 Å². The van der Waals surface area contributed by atoms with Gasteiger partial charge in [0, 0.05) is 19.8 Å². The van der Waals surface area contributed by atoms with E-state index in [1.165, 1.54) is 0 Å². The van der Waals surface area contributed by atoms with Crippen molar-refractivity contribution < 1.29 is 19.0 Å². The molecule has 0 bridgehead atoms. The average molecular weight is 449 g/mol. The number of carbonyl (C=O) groups excluding carboxylic acids is 1. The number of nitrogens with one attached hydrogen (secondary N) is 1. The second-order valence-corrected chi connectivity index (χ2v) is 7.36. The van der Waals surface area contributed by atoms with Gasteiger partial charge in [-0.1, -0.05) is 60.7 Å². The zero-order chi connectivity index (χ0) is 23.3. The van der Waals surface area contributed by atoms with Crippen molar-refractivity contribution in [3.8, 4) is 11.5 Å². The predicted octanol–water partition coefficient (Wildman–Crippen LogP) is 5.95. The minimum atomic E-state index is -0.489. The van der Waals surface area contributed by atoms with Gasteiger partial charge >= 0.3 is 6.03 Å². The van der Waals surface area contributed by atoms with Crippen LogP contribution >= 0.6 is 0 Å². The van der Waals surface area contributed by atoms with Gasteiger partial charge in [0.25, 0.3) is 0 Å². The molecule has 0 radical (unpaired) electrons. The second kappa shape index (κ2) is 13.3. The molecule has 0 heterocycles. The third-order valence-electron chi connectivity index (χ3n) is 4.97. The van der Waals surface area contributed by atoms with Crippen molar-refractivity contribution in [3.05, 3.63) is 90.5 Å². The Morgan fingerprint density at radius 1 is 0.848 bits per heavy atom. The summed E-state index contributed by atoms with van der Waals surface area (Å²) in [7, 11) is 0. The molecule has 0 atom stereocenters. The molecule has 2 amide bonds. The Morgan fingerprint density at radius 2 is 1.45 bits per heavy atom. The fraction of sp³-hybridized carbons (Fsp3) is 0.296. The van der Waals surface area contributed by atoms with E-state index in [4.69, 9.17) is 14.2 Å². The van der Waals surface area contributed by atoms with Crippen LogP contribution in [-0.4, -0.2) is 43.5 Å². The number of anilines is 1. The highest BCUT2D eigenvalue weighted by molar-refractivity contribution is 5.91. The van der Waals surface area contributed by atoms with Gasteiger partial charge < -0.3 is 24.4 Å². The number of amides is 2. The smallest absolute Gasteiger partial charge is 0.322 e. The third-order valence-corrected chi connectivity index (χ3v) is 4.97. The van der Waals surface area contributed by atoms with Crippen molar-refractivity contribution in [3.63, 3.8) is 0 Å². The summed E-state index contributed by atoms with van der Waals surface area (Å²) >= 11 is 0. The molecular formula is C27H32N2O4. The quantitative estimate of drug-likeness (QED) is 0.348. The van der Waals surface area contributed by atoms with E-state index in [9.17, 15) is 4.79 Å². The first-order valence-electron chi connectivity index (χ1n) is 11.3. The summed E-state index contributed by atoms with van der Waals surface area (Å²) in [6.07, 6.45) is 0.235. The SMILES string of the molecule is CCOC(CN(CCc1ccccc1)C(=O)Nc1ccccc1Oc1ccccc1)OCC. The van der Waals surface area contributed by atoms with E-state index in [1.54, 1.807) is 4.90 Å². The molecule has 0 unspecified atom stereocenters. The molecule has 0 aliphatic rings. The molecule has 0 fully saturated rings. The van der Waals surface area contributed by atoms with Gasteiger partial charge in [0.15, 0.2) is 12.0 Å². The van der Waals surface area contributed by atoms with E-state index < -0.39 is 6.29 Å². The predicted molar refractivity (Wildman–Crippen MR) is 131 cm³/mol. The Bertz CT molecular complexity index is 960. The number of nitrogens with zero attached hydrogens (tertiary/aromatic N) is 1. The van der Waals surface area contributed by atoms with Gasteiger partial charge in [0.2, 0.25) is 0 Å². The molecule has 6 heteroatoms. The maximum Gasteiger partial charge on any atom is 0.322 e. The molecule has 174 valence electrons. The lowest BCUT2D eigenvalue weighted by Crippen LogP contribution is -2.43. The standard InChI is InChI=1S/C27H32N2O4/c1-3-31-26(32-4-2)21-29(20-19-22-13-7-5-8-14-22)27(30)28-24-17-11-12-18-25(24)33-23-15-9-6-10-16-23/h5-18,26H,3-4,19-21H2,1-2H3,(H,28,30). The first-order chi connectivity index (χ1) is 16.2. The van der Waals surface area contributed by atoms with Crippen LogP contribution in [0.2, 0.25) is 0 Å². The van der Waals surface area contributed by atoms with E-state index in [1.807, 2.05) is 86.6 Å². The molecule has 3 rings (SSSR count). The number of hydrogen-bond acceptors (Lipinski definition) is 4. The van der Waals surface area contributed by atoms with Gasteiger partial charge in [-0.3, -0.25) is 0 Å². The fourth-order valence-electron chi connectivity index (χ4n) is 3.36. The third kappa shape index (κ3) is 7.93. The average Bonchev–Trinajstić information content (AvgIpc) is 2.84. The van der Waals surface area contributed by atoms with Crippen LogP contribution in [0.4, 0.5) is 10.5 Å². The summed E-state index contributed by atoms with van der Waals surface area (Å²) < 4.78 is 17.4. The Hall–Kier alpha value is -3.35. The van der Waals surface area contributed by atoms with Crippen LogP contribution in [0.3, 0.4) is 0 Å². The number of benzene rings is 3. The van der Waals surface area contributed by atoms with Crippen LogP contribution < -0.4 is 10.1 Å². The number of carbonyl (C=O) groups is 1. The van der Waals surface area contributed by atoms with Gasteiger partial charge in [-0.25, -0.2) is 4.79 Å². The maximum atomic E-state index is 13.3. The normalized spacial score (nSPS) is 10.8. The summed E-state index contributed by atoms with van der Waals surface area (Å²) in [6.45, 7) is 5.69. The molecule has 0 saturated heterocycles. The van der Waals surface area contributed by atoms with Gasteiger partial charge in [0.1, 0.15) is 5.75 Å². The van der Waals surface area contributed by atoms with E-state index >= 15 is 0 Å². The van der Waals surface area contributed by atoms with Crippen LogP contribution in [0.5, 0.6) is 11.5 Å². The van der Waals surface area contributed by atoms with Gasteiger partial charge in [-0.15, -0.1) is 0 Å². The van der Waals surface area contributed by atoms with Crippen molar-refractivity contribution in [2.45, 2.75) is 26.6 Å². The van der Waals surface area contributed by atoms with Gasteiger partial charge in [0.05, 0.1) is 12.2 Å². The molecule has 0 spiro atoms. The van der Waals surface area contributed by atoms with E-state index in [-0.39, 0.29) is 6.03 Å². The summed E-state index contributed by atoms with van der Waals surface area (Å²) in [4.78, 5) is 15.1. The Balaban J connectivity index is 1.74. The lowest BCUT2D eigenvalue weighted by molar-refractivity contribution is -0.142. The second-order valence-electron chi connectivity index (χ2n) is 7.36. The number of para-hydroxylation sites is 3. The lowest BCUT2D eigenvalue weighted by Gasteiger charge is -2.28. The van der Waals surface area contributed by atoms with Crippen LogP contribution in [0.15, 0.2) is 84.9 Å². The highest BCUT2D eigenvalue weighted by atomic mass is 16.7. The minimum absolute atomic E-state index is 0.237. The number of hydrogen-bond donors (Lipinski definition) is 1. The van der Waals surface area contributed by atoms with Crippen molar-refractivity contribution in [1.82, 2.24) is 4.90 Å². The zero-order valence-electron chi connectivity index (χ0n) is 19.3. The van der Waals surface area contributed by atoms with Crippen molar-refractivity contribution >= 4 is 11.7 Å². The molecule has 1 N–H and O–H groups in total. The molecule has 3 aromatic rings. The Kier molecular flexibility index (Phi) is 9.76. The largest absolute Gasteiger partial charge is 0.455 e. The summed E-state index contributed by atoms with van der Waals surface area (Å²) in [6, 6.07) is 26.8. The van der Waals surface area contributed by atoms with Gasteiger partial charge in [-0.05, 0) is 50.1 Å². The van der Waals surface area contributed by atoms with E-state index in [0.717, 1.165) is 12.0 Å². The van der Waals surface area contributed by atoms with E-state index in [2.05, 4.69) is 17.4 Å². The molecular weight excluding hydrogens is 416 g/mol. The molecule has 0 aliphatic heterocycles. The summed E-state index contributed by atoms with van der Waals surface area (Å²) in [5, 5.41) is 3.01. The molecule has 0 aliphatic carbocycles. The van der Waals surface area contributed by atoms with E-state index in [0.29, 0.717) is 43.5 Å². The fourth-order valence-corrected chi connectivity index (χ4v) is 3.36. The topological polar surface area (TPSA) is 60.0 Å². The van der Waals surface area contributed by atoms with Crippen LogP contribution in [-0.2, 0) is 15.9 Å². The lowest BCUT2D eigenvalue weighted by atomic mass is 10.1. The first kappa shape index (κ1) is 24.3. The van der Waals surface area contributed by atoms with Crippen LogP contribution in [0.1, 0.15) is 19.4 Å². The van der Waals surface area contributed by atoms with Crippen molar-refractivity contribution in [2.24, 2.45) is 0 Å². The molecule has 0 aromatic heterocycles. The maximum absolute atomic E-state index is 13.3. The number of urea groups is 1. The van der Waals surface area contributed by atoms with Crippen molar-refractivity contribution in [2.75, 3.05) is 31.6 Å². The highest BCUT2D eigenvalue weighted by Crippen LogP contribution is 2.29. The van der Waals surface area contributed by atoms with Crippen molar-refractivity contribution in [1.29, 1.82) is 0 Å². The zero-order valence-corrected chi connectivity index (χ0v) is 19.3. The summed E-state index contributed by atoms with van der Waals surface area (Å²) in [5.74, 6) is 1.28.